The number of benzene rings is 2. The van der Waals surface area contributed by atoms with Crippen molar-refractivity contribution in [3.05, 3.63) is 76.7 Å². The topological polar surface area (TPSA) is 8.17 Å². The van der Waals surface area contributed by atoms with E-state index in [1.165, 1.54) is 34.3 Å². The molecule has 4 heteroatoms. The fourth-order valence-corrected chi connectivity index (χ4v) is 4.05. The van der Waals surface area contributed by atoms with Crippen LogP contribution in [0.5, 0.6) is 0 Å². The van der Waals surface area contributed by atoms with Crippen LogP contribution in [-0.2, 0) is 19.4 Å². The summed E-state index contributed by atoms with van der Waals surface area (Å²) in [7, 11) is 2.17. The van der Waals surface area contributed by atoms with Crippen LogP contribution in [0.2, 0.25) is 5.02 Å². The van der Waals surface area contributed by atoms with Crippen molar-refractivity contribution in [3.8, 4) is 0 Å². The zero-order valence-corrected chi connectivity index (χ0v) is 15.7. The normalized spacial score (nSPS) is 15.0. The Hall–Kier alpha value is -2.10. The summed E-state index contributed by atoms with van der Waals surface area (Å²) in [6.45, 7) is 7.05. The van der Waals surface area contributed by atoms with Crippen molar-refractivity contribution >= 4 is 28.1 Å². The molecule has 0 unspecified atom stereocenters. The van der Waals surface area contributed by atoms with Crippen molar-refractivity contribution in [2.75, 3.05) is 20.1 Å². The Kier molecular flexibility index (Phi) is 4.60. The van der Waals surface area contributed by atoms with Crippen LogP contribution in [-0.4, -0.2) is 29.6 Å². The molecule has 0 amide bonds. The first-order valence-electron chi connectivity index (χ1n) is 8.94. The standard InChI is InChI=1S/C22H22ClFN2/c1-15(16-3-6-18(24)7-4-16)14-26-21-8-5-17(23)13-20(21)19-9-11-25(2)12-10-22(19)26/h3-8,13H,1,9-12,14H2,2H3. The van der Waals surface area contributed by atoms with Gasteiger partial charge in [-0.3, -0.25) is 0 Å². The molecule has 0 bridgehead atoms. The molecular formula is C22H22ClFN2. The summed E-state index contributed by atoms with van der Waals surface area (Å²) in [6.07, 6.45) is 2.04. The number of allylic oxidation sites excluding steroid dienone is 1. The van der Waals surface area contributed by atoms with Gasteiger partial charge in [0.15, 0.2) is 0 Å². The average Bonchev–Trinajstić information content (AvgIpc) is 2.76. The number of rotatable bonds is 3. The van der Waals surface area contributed by atoms with Crippen molar-refractivity contribution in [2.24, 2.45) is 0 Å². The van der Waals surface area contributed by atoms with Crippen LogP contribution < -0.4 is 0 Å². The van der Waals surface area contributed by atoms with Gasteiger partial charge < -0.3 is 9.47 Å². The third kappa shape index (κ3) is 3.17. The Morgan fingerprint density at radius 2 is 1.85 bits per heavy atom. The maximum Gasteiger partial charge on any atom is 0.123 e. The summed E-state index contributed by atoms with van der Waals surface area (Å²) in [4.78, 5) is 2.37. The number of halogens is 2. The van der Waals surface area contributed by atoms with E-state index in [0.29, 0.717) is 6.54 Å². The van der Waals surface area contributed by atoms with Crippen molar-refractivity contribution in [2.45, 2.75) is 19.4 Å². The van der Waals surface area contributed by atoms with Gasteiger partial charge in [0.05, 0.1) is 0 Å². The molecule has 2 aromatic carbocycles. The number of fused-ring (bicyclic) bond motifs is 3. The minimum atomic E-state index is -0.223. The molecule has 0 saturated heterocycles. The highest BCUT2D eigenvalue weighted by atomic mass is 35.5. The molecule has 0 aliphatic carbocycles. The Labute approximate surface area is 158 Å². The van der Waals surface area contributed by atoms with E-state index < -0.39 is 0 Å². The van der Waals surface area contributed by atoms with Crippen LogP contribution in [0, 0.1) is 5.82 Å². The molecule has 0 atom stereocenters. The van der Waals surface area contributed by atoms with Crippen molar-refractivity contribution in [1.29, 1.82) is 0 Å². The fraction of sp³-hybridized carbons (Fsp3) is 0.273. The minimum absolute atomic E-state index is 0.223. The Morgan fingerprint density at radius 3 is 2.62 bits per heavy atom. The molecule has 1 aromatic heterocycles. The molecular weight excluding hydrogens is 347 g/mol. The lowest BCUT2D eigenvalue weighted by molar-refractivity contribution is 0.351. The van der Waals surface area contributed by atoms with Crippen molar-refractivity contribution < 1.29 is 4.39 Å². The van der Waals surface area contributed by atoms with Gasteiger partial charge in [0, 0.05) is 47.7 Å². The number of aromatic nitrogens is 1. The molecule has 3 aromatic rings. The lowest BCUT2D eigenvalue weighted by Gasteiger charge is -2.15. The van der Waals surface area contributed by atoms with Gasteiger partial charge in [-0.05, 0) is 60.5 Å². The Balaban J connectivity index is 1.79. The van der Waals surface area contributed by atoms with Crippen LogP contribution in [0.1, 0.15) is 16.8 Å². The second kappa shape index (κ2) is 6.90. The molecule has 4 rings (SSSR count). The van der Waals surface area contributed by atoms with Gasteiger partial charge in [-0.1, -0.05) is 30.3 Å². The number of hydrogen-bond acceptors (Lipinski definition) is 1. The number of likely N-dealkylation sites (N-methyl/N-ethyl adjacent to an activating group) is 1. The highest BCUT2D eigenvalue weighted by Gasteiger charge is 2.21. The summed E-state index contributed by atoms with van der Waals surface area (Å²) in [5.41, 5.74) is 5.93. The van der Waals surface area contributed by atoms with Gasteiger partial charge in [-0.15, -0.1) is 0 Å². The van der Waals surface area contributed by atoms with Crippen molar-refractivity contribution in [1.82, 2.24) is 9.47 Å². The largest absolute Gasteiger partial charge is 0.340 e. The average molecular weight is 369 g/mol. The van der Waals surface area contributed by atoms with Gasteiger partial charge in [0.1, 0.15) is 5.82 Å². The van der Waals surface area contributed by atoms with Gasteiger partial charge in [-0.2, -0.15) is 0 Å². The molecule has 1 aliphatic heterocycles. The van der Waals surface area contributed by atoms with E-state index in [0.717, 1.165) is 42.1 Å². The molecule has 1 aliphatic rings. The summed E-state index contributed by atoms with van der Waals surface area (Å²) in [6, 6.07) is 12.7. The third-order valence-corrected chi connectivity index (χ3v) is 5.56. The lowest BCUT2D eigenvalue weighted by Crippen LogP contribution is -2.21. The van der Waals surface area contributed by atoms with Crippen LogP contribution in [0.15, 0.2) is 49.0 Å². The fourth-order valence-electron chi connectivity index (χ4n) is 3.87. The molecule has 0 saturated carbocycles. The SMILES string of the molecule is C=C(Cn1c2c(c3cc(Cl)ccc31)CCN(C)CC2)c1ccc(F)cc1. The minimum Gasteiger partial charge on any atom is -0.340 e. The monoisotopic (exact) mass is 368 g/mol. The molecule has 134 valence electrons. The molecule has 0 spiro atoms. The molecule has 0 N–H and O–H groups in total. The van der Waals surface area contributed by atoms with E-state index in [1.54, 1.807) is 12.1 Å². The first kappa shape index (κ1) is 17.3. The van der Waals surface area contributed by atoms with Crippen molar-refractivity contribution in [3.63, 3.8) is 0 Å². The van der Waals surface area contributed by atoms with E-state index in [2.05, 4.69) is 35.2 Å². The highest BCUT2D eigenvalue weighted by molar-refractivity contribution is 6.31. The van der Waals surface area contributed by atoms with Gasteiger partial charge in [0.2, 0.25) is 0 Å². The van der Waals surface area contributed by atoms with Gasteiger partial charge >= 0.3 is 0 Å². The summed E-state index contributed by atoms with van der Waals surface area (Å²) >= 11 is 6.28. The quantitative estimate of drug-likeness (QED) is 0.618. The van der Waals surface area contributed by atoms with E-state index >= 15 is 0 Å². The van der Waals surface area contributed by atoms with E-state index in [-0.39, 0.29) is 5.82 Å². The number of hydrogen-bond donors (Lipinski definition) is 0. The van der Waals surface area contributed by atoms with Crippen LogP contribution in [0.3, 0.4) is 0 Å². The summed E-state index contributed by atoms with van der Waals surface area (Å²) in [5, 5.41) is 2.02. The molecule has 26 heavy (non-hydrogen) atoms. The van der Waals surface area contributed by atoms with E-state index in [9.17, 15) is 4.39 Å². The van der Waals surface area contributed by atoms with Crippen LogP contribution in [0.25, 0.3) is 16.5 Å². The maximum absolute atomic E-state index is 13.2. The zero-order chi connectivity index (χ0) is 18.3. The van der Waals surface area contributed by atoms with Crippen LogP contribution >= 0.6 is 11.6 Å². The van der Waals surface area contributed by atoms with E-state index in [1.807, 2.05) is 6.07 Å². The Morgan fingerprint density at radius 1 is 1.12 bits per heavy atom. The summed E-state index contributed by atoms with van der Waals surface area (Å²) in [5.74, 6) is -0.223. The Bertz CT molecular complexity index is 972. The molecule has 2 nitrogen and oxygen atoms in total. The molecule has 0 fully saturated rings. The third-order valence-electron chi connectivity index (χ3n) is 5.32. The first-order valence-corrected chi connectivity index (χ1v) is 9.32. The highest BCUT2D eigenvalue weighted by Crippen LogP contribution is 2.32. The maximum atomic E-state index is 13.2. The van der Waals surface area contributed by atoms with Gasteiger partial charge in [0.25, 0.3) is 0 Å². The molecule has 2 heterocycles. The number of nitrogens with zero attached hydrogens (tertiary/aromatic N) is 2. The van der Waals surface area contributed by atoms with Crippen LogP contribution in [0.4, 0.5) is 4.39 Å². The smallest absolute Gasteiger partial charge is 0.123 e. The first-order chi connectivity index (χ1) is 12.5. The van der Waals surface area contributed by atoms with Gasteiger partial charge in [-0.25, -0.2) is 4.39 Å². The molecule has 0 radical (unpaired) electrons. The summed E-state index contributed by atoms with van der Waals surface area (Å²) < 4.78 is 15.6. The predicted molar refractivity (Wildman–Crippen MR) is 107 cm³/mol. The predicted octanol–water partition coefficient (Wildman–Crippen LogP) is 5.18. The second-order valence-electron chi connectivity index (χ2n) is 7.09. The zero-order valence-electron chi connectivity index (χ0n) is 14.9. The lowest BCUT2D eigenvalue weighted by atomic mass is 10.1. The van der Waals surface area contributed by atoms with E-state index in [4.69, 9.17) is 11.6 Å². The second-order valence-corrected chi connectivity index (χ2v) is 7.52.